The van der Waals surface area contributed by atoms with Crippen LogP contribution in [0.3, 0.4) is 0 Å². The number of aliphatic hydroxyl groups is 1. The van der Waals surface area contributed by atoms with Crippen LogP contribution < -0.4 is 0 Å². The summed E-state index contributed by atoms with van der Waals surface area (Å²) in [5, 5.41) is 10.7. The van der Waals surface area contributed by atoms with E-state index in [1.807, 2.05) is 0 Å². The topological polar surface area (TPSA) is 38.7 Å². The Hall–Kier alpha value is -0.380. The van der Waals surface area contributed by atoms with Gasteiger partial charge in [0.05, 0.1) is 18.8 Å². The van der Waals surface area contributed by atoms with Crippen LogP contribution in [0.5, 0.6) is 0 Å². The fourth-order valence-electron chi connectivity index (χ4n) is 5.37. The van der Waals surface area contributed by atoms with Gasteiger partial charge in [-0.2, -0.15) is 0 Å². The first-order chi connectivity index (χ1) is 8.91. The van der Waals surface area contributed by atoms with Gasteiger partial charge in [-0.25, -0.2) is 0 Å². The van der Waals surface area contributed by atoms with Crippen LogP contribution in [0.2, 0.25) is 0 Å². The van der Waals surface area contributed by atoms with Crippen LogP contribution in [-0.4, -0.2) is 29.7 Å². The van der Waals surface area contributed by atoms with Crippen LogP contribution in [-0.2, 0) is 9.47 Å². The van der Waals surface area contributed by atoms with Crippen molar-refractivity contribution in [3.63, 3.8) is 0 Å². The van der Waals surface area contributed by atoms with Crippen LogP contribution in [0.25, 0.3) is 0 Å². The van der Waals surface area contributed by atoms with Crippen molar-refractivity contribution in [2.24, 2.45) is 10.8 Å². The average Bonchev–Trinajstić information content (AvgIpc) is 2.87. The van der Waals surface area contributed by atoms with Crippen molar-refractivity contribution in [1.82, 2.24) is 0 Å². The van der Waals surface area contributed by atoms with Gasteiger partial charge in [-0.3, -0.25) is 0 Å². The summed E-state index contributed by atoms with van der Waals surface area (Å²) in [6, 6.07) is 0. The van der Waals surface area contributed by atoms with E-state index in [1.165, 1.54) is 0 Å². The Morgan fingerprint density at radius 3 is 2.53 bits per heavy atom. The van der Waals surface area contributed by atoms with Gasteiger partial charge in [0.25, 0.3) is 0 Å². The normalized spacial score (nSPS) is 51.6. The molecule has 19 heavy (non-hydrogen) atoms. The van der Waals surface area contributed by atoms with Crippen molar-refractivity contribution in [3.8, 4) is 0 Å². The van der Waals surface area contributed by atoms with Crippen molar-refractivity contribution in [2.45, 2.75) is 63.3 Å². The lowest BCUT2D eigenvalue weighted by Gasteiger charge is -2.57. The predicted octanol–water partition coefficient (Wildman–Crippen LogP) is 2.78. The summed E-state index contributed by atoms with van der Waals surface area (Å²) in [7, 11) is 0. The summed E-state index contributed by atoms with van der Waals surface area (Å²) in [6.07, 6.45) is 6.90. The summed E-state index contributed by atoms with van der Waals surface area (Å²) in [5.74, 6) is -0.320. The van der Waals surface area contributed by atoms with Gasteiger partial charge in [0.15, 0.2) is 5.79 Å². The van der Waals surface area contributed by atoms with Crippen LogP contribution in [0.1, 0.15) is 51.9 Å². The maximum Gasteiger partial charge on any atom is 0.169 e. The van der Waals surface area contributed by atoms with E-state index in [0.29, 0.717) is 0 Å². The first kappa shape index (κ1) is 12.4. The standard InChI is InChI=1S/C16H24O3/c1-12-9-14-4-6-16(18-7-8-19-16)10-13(14,2)3-5-15(12,17)11-14/h17H,1,3-11H2,2H3/t13-,14-,15+/m1/s1. The minimum atomic E-state index is -0.582. The molecule has 4 fully saturated rings. The van der Waals surface area contributed by atoms with Crippen LogP contribution in [0, 0.1) is 10.8 Å². The van der Waals surface area contributed by atoms with Crippen molar-refractivity contribution < 1.29 is 14.6 Å². The highest BCUT2D eigenvalue weighted by Crippen LogP contribution is 2.70. The third kappa shape index (κ3) is 1.44. The zero-order valence-electron chi connectivity index (χ0n) is 11.8. The Kier molecular flexibility index (Phi) is 2.24. The highest BCUT2D eigenvalue weighted by Gasteiger charge is 2.66. The fourth-order valence-corrected chi connectivity index (χ4v) is 5.37. The van der Waals surface area contributed by atoms with E-state index in [9.17, 15) is 5.11 Å². The summed E-state index contributed by atoms with van der Waals surface area (Å²) in [4.78, 5) is 0. The molecule has 3 atom stereocenters. The monoisotopic (exact) mass is 264 g/mol. The number of ether oxygens (including phenoxy) is 2. The van der Waals surface area contributed by atoms with Gasteiger partial charge < -0.3 is 14.6 Å². The van der Waals surface area contributed by atoms with Gasteiger partial charge in [-0.15, -0.1) is 0 Å². The SMILES string of the molecule is C=C1C[C@@]23CCC4(C[C@@]2(C)CC[C@]1(O)C3)OCCO4. The molecule has 3 aliphatic carbocycles. The number of fused-ring (bicyclic) bond motifs is 1. The van der Waals surface area contributed by atoms with E-state index in [4.69, 9.17) is 9.47 Å². The van der Waals surface area contributed by atoms with Gasteiger partial charge >= 0.3 is 0 Å². The average molecular weight is 264 g/mol. The van der Waals surface area contributed by atoms with Crippen molar-refractivity contribution in [2.75, 3.05) is 13.2 Å². The molecule has 1 aliphatic heterocycles. The summed E-state index contributed by atoms with van der Waals surface area (Å²) in [6.45, 7) is 8.02. The number of rotatable bonds is 0. The number of hydrogen-bond acceptors (Lipinski definition) is 3. The van der Waals surface area contributed by atoms with Crippen LogP contribution in [0.15, 0.2) is 12.2 Å². The molecule has 106 valence electrons. The second kappa shape index (κ2) is 3.44. The van der Waals surface area contributed by atoms with E-state index in [2.05, 4.69) is 13.5 Å². The van der Waals surface area contributed by atoms with Crippen LogP contribution in [0.4, 0.5) is 0 Å². The van der Waals surface area contributed by atoms with Crippen LogP contribution >= 0.6 is 0 Å². The fraction of sp³-hybridized carbons (Fsp3) is 0.875. The Morgan fingerprint density at radius 2 is 1.79 bits per heavy atom. The highest BCUT2D eigenvalue weighted by atomic mass is 16.7. The molecule has 0 aromatic rings. The Labute approximate surface area is 115 Å². The maximum atomic E-state index is 10.7. The summed E-state index contributed by atoms with van der Waals surface area (Å²) in [5.41, 5.74) is 0.945. The van der Waals surface area contributed by atoms with E-state index in [-0.39, 0.29) is 16.6 Å². The third-order valence-electron chi connectivity index (χ3n) is 6.67. The first-order valence-electron chi connectivity index (χ1n) is 7.60. The molecule has 0 aromatic carbocycles. The van der Waals surface area contributed by atoms with Gasteiger partial charge in [-0.1, -0.05) is 13.5 Å². The Morgan fingerprint density at radius 1 is 1.05 bits per heavy atom. The number of hydrogen-bond donors (Lipinski definition) is 1. The lowest BCUT2D eigenvalue weighted by atomic mass is 9.50. The molecule has 0 aromatic heterocycles. The van der Waals surface area contributed by atoms with E-state index in [1.54, 1.807) is 0 Å². The molecule has 0 unspecified atom stereocenters. The highest BCUT2D eigenvalue weighted by molar-refractivity contribution is 5.29. The molecule has 0 radical (unpaired) electrons. The molecule has 4 aliphatic rings. The molecule has 3 heteroatoms. The summed E-state index contributed by atoms with van der Waals surface area (Å²) < 4.78 is 11.9. The smallest absolute Gasteiger partial charge is 0.169 e. The molecule has 2 bridgehead atoms. The second-order valence-electron chi connectivity index (χ2n) is 7.61. The molecule has 1 saturated heterocycles. The minimum Gasteiger partial charge on any atom is -0.386 e. The molecule has 4 rings (SSSR count). The minimum absolute atomic E-state index is 0.223. The third-order valence-corrected chi connectivity index (χ3v) is 6.67. The predicted molar refractivity (Wildman–Crippen MR) is 71.6 cm³/mol. The lowest BCUT2D eigenvalue weighted by Crippen LogP contribution is -2.54. The van der Waals surface area contributed by atoms with Gasteiger partial charge in [-0.05, 0) is 48.5 Å². The quantitative estimate of drug-likeness (QED) is 0.684. The van der Waals surface area contributed by atoms with E-state index < -0.39 is 5.60 Å². The maximum absolute atomic E-state index is 10.7. The second-order valence-corrected chi connectivity index (χ2v) is 7.61. The largest absolute Gasteiger partial charge is 0.386 e. The summed E-state index contributed by atoms with van der Waals surface area (Å²) >= 11 is 0. The van der Waals surface area contributed by atoms with Crippen molar-refractivity contribution in [3.05, 3.63) is 12.2 Å². The van der Waals surface area contributed by atoms with Gasteiger partial charge in [0, 0.05) is 12.8 Å². The molecule has 2 spiro atoms. The molecular weight excluding hydrogens is 240 g/mol. The molecular formula is C16H24O3. The van der Waals surface area contributed by atoms with Crippen molar-refractivity contribution >= 4 is 0 Å². The molecule has 3 nitrogen and oxygen atoms in total. The van der Waals surface area contributed by atoms with Gasteiger partial charge in [0.1, 0.15) is 0 Å². The zero-order chi connectivity index (χ0) is 13.4. The molecule has 1 N–H and O–H groups in total. The van der Waals surface area contributed by atoms with E-state index in [0.717, 1.165) is 63.7 Å². The Bertz CT molecular complexity index is 439. The first-order valence-corrected chi connectivity index (χ1v) is 7.60. The van der Waals surface area contributed by atoms with Gasteiger partial charge in [0.2, 0.25) is 0 Å². The van der Waals surface area contributed by atoms with E-state index >= 15 is 0 Å². The van der Waals surface area contributed by atoms with Crippen molar-refractivity contribution in [1.29, 1.82) is 0 Å². The zero-order valence-corrected chi connectivity index (χ0v) is 11.8. The Balaban J connectivity index is 1.70. The molecule has 3 saturated carbocycles. The molecule has 1 heterocycles. The lowest BCUT2D eigenvalue weighted by molar-refractivity contribution is -0.239. The molecule has 0 amide bonds.